The van der Waals surface area contributed by atoms with Gasteiger partial charge in [0.25, 0.3) is 0 Å². The lowest BCUT2D eigenvalue weighted by Crippen LogP contribution is -2.44. The summed E-state index contributed by atoms with van der Waals surface area (Å²) in [4.78, 5) is 7.20. The maximum atomic E-state index is 5.47. The number of imidazole rings is 1. The Labute approximate surface area is 150 Å². The number of hydrogen-bond acceptors (Lipinski definition) is 4. The van der Waals surface area contributed by atoms with Gasteiger partial charge in [0.1, 0.15) is 5.82 Å². The zero-order valence-electron chi connectivity index (χ0n) is 16.2. The summed E-state index contributed by atoms with van der Waals surface area (Å²) in [6.07, 6.45) is 4.03. The molecular formula is C19H31N5O. The molecule has 2 aromatic heterocycles. The molecule has 1 saturated heterocycles. The number of nitrogens with zero attached hydrogens (tertiary/aromatic N) is 5. The van der Waals surface area contributed by atoms with Gasteiger partial charge in [0.05, 0.1) is 31.5 Å². The van der Waals surface area contributed by atoms with Crippen LogP contribution in [0, 0.1) is 13.8 Å². The Hall–Kier alpha value is -1.66. The average molecular weight is 345 g/mol. The zero-order valence-corrected chi connectivity index (χ0v) is 16.2. The fraction of sp³-hybridized carbons (Fsp3) is 0.684. The fourth-order valence-electron chi connectivity index (χ4n) is 3.78. The molecule has 1 atom stereocenters. The van der Waals surface area contributed by atoms with Crippen molar-refractivity contribution in [3.63, 3.8) is 0 Å². The van der Waals surface area contributed by atoms with E-state index < -0.39 is 0 Å². The van der Waals surface area contributed by atoms with Crippen LogP contribution in [0.15, 0.2) is 18.5 Å². The number of rotatable bonds is 6. The Morgan fingerprint density at radius 3 is 2.60 bits per heavy atom. The molecule has 0 spiro atoms. The second-order valence-electron chi connectivity index (χ2n) is 7.89. The fourth-order valence-corrected chi connectivity index (χ4v) is 3.78. The van der Waals surface area contributed by atoms with E-state index in [-0.39, 0.29) is 5.41 Å². The summed E-state index contributed by atoms with van der Waals surface area (Å²) in [5.41, 5.74) is 2.27. The van der Waals surface area contributed by atoms with Crippen molar-refractivity contribution in [2.45, 2.75) is 52.6 Å². The molecule has 1 fully saturated rings. The molecule has 1 unspecified atom stereocenters. The highest BCUT2D eigenvalue weighted by Crippen LogP contribution is 2.26. The quantitative estimate of drug-likeness (QED) is 0.807. The molecule has 3 heterocycles. The van der Waals surface area contributed by atoms with Gasteiger partial charge in [-0.05, 0) is 26.8 Å². The summed E-state index contributed by atoms with van der Waals surface area (Å²) in [6, 6.07) is 2.43. The van der Waals surface area contributed by atoms with E-state index in [0.717, 1.165) is 50.9 Å². The van der Waals surface area contributed by atoms with E-state index in [0.29, 0.717) is 6.04 Å². The third-order valence-electron chi connectivity index (χ3n) is 5.01. The molecule has 0 saturated carbocycles. The zero-order chi connectivity index (χ0) is 18.0. The molecule has 138 valence electrons. The number of morpholine rings is 1. The Morgan fingerprint density at radius 1 is 1.24 bits per heavy atom. The van der Waals surface area contributed by atoms with Crippen molar-refractivity contribution in [3.8, 4) is 0 Å². The summed E-state index contributed by atoms with van der Waals surface area (Å²) in [6.45, 7) is 16.5. The van der Waals surface area contributed by atoms with Crippen molar-refractivity contribution in [1.29, 1.82) is 0 Å². The Balaban J connectivity index is 1.75. The first-order valence-electron chi connectivity index (χ1n) is 9.21. The lowest BCUT2D eigenvalue weighted by atomic mass is 9.91. The third kappa shape index (κ3) is 4.12. The molecule has 0 aliphatic carbocycles. The number of aromatic nitrogens is 4. The minimum absolute atomic E-state index is 0.00974. The van der Waals surface area contributed by atoms with Crippen LogP contribution >= 0.6 is 0 Å². The highest BCUT2D eigenvalue weighted by atomic mass is 16.5. The van der Waals surface area contributed by atoms with Gasteiger partial charge in [-0.15, -0.1) is 0 Å². The van der Waals surface area contributed by atoms with E-state index in [2.05, 4.69) is 59.2 Å². The topological polar surface area (TPSA) is 48.1 Å². The molecule has 6 heteroatoms. The summed E-state index contributed by atoms with van der Waals surface area (Å²) in [5.74, 6) is 1.15. The highest BCUT2D eigenvalue weighted by Gasteiger charge is 2.30. The molecular weight excluding hydrogens is 314 g/mol. The average Bonchev–Trinajstić information content (AvgIpc) is 3.15. The van der Waals surface area contributed by atoms with Gasteiger partial charge in [-0.1, -0.05) is 13.8 Å². The molecule has 0 amide bonds. The number of aryl methyl sites for hydroxylation is 2. The van der Waals surface area contributed by atoms with Crippen LogP contribution in [0.2, 0.25) is 0 Å². The standard InChI is InChI=1S/C19H31N5O/c1-15-12-16(2)24(21-15)13-17(3)23-7-6-20-18(23)19(4,5)14-22-8-10-25-11-9-22/h6-7,12,17H,8-11,13-14H2,1-5H3. The first-order valence-corrected chi connectivity index (χ1v) is 9.21. The van der Waals surface area contributed by atoms with Crippen molar-refractivity contribution < 1.29 is 4.74 Å². The van der Waals surface area contributed by atoms with Crippen LogP contribution < -0.4 is 0 Å². The van der Waals surface area contributed by atoms with E-state index in [1.807, 2.05) is 13.1 Å². The smallest absolute Gasteiger partial charge is 0.115 e. The van der Waals surface area contributed by atoms with Crippen LogP contribution in [0.1, 0.15) is 44.0 Å². The van der Waals surface area contributed by atoms with Gasteiger partial charge in [-0.2, -0.15) is 5.10 Å². The normalized spacial score (nSPS) is 17.8. The molecule has 6 nitrogen and oxygen atoms in total. The van der Waals surface area contributed by atoms with Gasteiger partial charge in [-0.3, -0.25) is 9.58 Å². The van der Waals surface area contributed by atoms with E-state index >= 15 is 0 Å². The van der Waals surface area contributed by atoms with Gasteiger partial charge in [0.15, 0.2) is 0 Å². The van der Waals surface area contributed by atoms with Gasteiger partial charge >= 0.3 is 0 Å². The van der Waals surface area contributed by atoms with Gasteiger partial charge in [0, 0.05) is 43.1 Å². The molecule has 1 aliphatic rings. The van der Waals surface area contributed by atoms with E-state index in [1.165, 1.54) is 5.69 Å². The third-order valence-corrected chi connectivity index (χ3v) is 5.01. The van der Waals surface area contributed by atoms with Crippen LogP contribution in [0.4, 0.5) is 0 Å². The molecule has 0 bridgehead atoms. The molecule has 0 N–H and O–H groups in total. The summed E-state index contributed by atoms with van der Waals surface area (Å²) < 4.78 is 9.89. The lowest BCUT2D eigenvalue weighted by Gasteiger charge is -2.35. The van der Waals surface area contributed by atoms with Crippen LogP contribution in [0.25, 0.3) is 0 Å². The highest BCUT2D eigenvalue weighted by molar-refractivity contribution is 5.10. The molecule has 25 heavy (non-hydrogen) atoms. The maximum absolute atomic E-state index is 5.47. The summed E-state index contributed by atoms with van der Waals surface area (Å²) in [7, 11) is 0. The second kappa shape index (κ2) is 7.30. The van der Waals surface area contributed by atoms with E-state index in [9.17, 15) is 0 Å². The molecule has 0 radical (unpaired) electrons. The summed E-state index contributed by atoms with van der Waals surface area (Å²) in [5, 5.41) is 4.61. The minimum Gasteiger partial charge on any atom is -0.379 e. The van der Waals surface area contributed by atoms with Gasteiger partial charge in [0.2, 0.25) is 0 Å². The maximum Gasteiger partial charge on any atom is 0.115 e. The Kier molecular flexibility index (Phi) is 5.29. The molecule has 2 aromatic rings. The minimum atomic E-state index is -0.00974. The Bertz CT molecular complexity index is 696. The second-order valence-corrected chi connectivity index (χ2v) is 7.89. The SMILES string of the molecule is Cc1cc(C)n(CC(C)n2ccnc2C(C)(C)CN2CCOCC2)n1. The Morgan fingerprint density at radius 2 is 1.96 bits per heavy atom. The van der Waals surface area contributed by atoms with Gasteiger partial charge < -0.3 is 9.30 Å². The predicted octanol–water partition coefficient (Wildman–Crippen LogP) is 2.57. The number of ether oxygens (including phenoxy) is 1. The van der Waals surface area contributed by atoms with Crippen LogP contribution in [0.5, 0.6) is 0 Å². The van der Waals surface area contributed by atoms with Crippen molar-refractivity contribution in [2.24, 2.45) is 0 Å². The van der Waals surface area contributed by atoms with Crippen molar-refractivity contribution in [3.05, 3.63) is 35.7 Å². The van der Waals surface area contributed by atoms with Crippen LogP contribution in [-0.2, 0) is 16.7 Å². The summed E-state index contributed by atoms with van der Waals surface area (Å²) >= 11 is 0. The first-order chi connectivity index (χ1) is 11.9. The predicted molar refractivity (Wildman–Crippen MR) is 98.9 cm³/mol. The molecule has 3 rings (SSSR count). The lowest BCUT2D eigenvalue weighted by molar-refractivity contribution is 0.0285. The van der Waals surface area contributed by atoms with E-state index in [4.69, 9.17) is 9.72 Å². The van der Waals surface area contributed by atoms with E-state index in [1.54, 1.807) is 0 Å². The van der Waals surface area contributed by atoms with Crippen molar-refractivity contribution in [1.82, 2.24) is 24.2 Å². The molecule has 1 aliphatic heterocycles. The largest absolute Gasteiger partial charge is 0.379 e. The van der Waals surface area contributed by atoms with Crippen molar-refractivity contribution >= 4 is 0 Å². The van der Waals surface area contributed by atoms with Crippen LogP contribution in [0.3, 0.4) is 0 Å². The van der Waals surface area contributed by atoms with Crippen molar-refractivity contribution in [2.75, 3.05) is 32.8 Å². The van der Waals surface area contributed by atoms with Crippen LogP contribution in [-0.4, -0.2) is 57.1 Å². The monoisotopic (exact) mass is 345 g/mol. The first kappa shape index (κ1) is 18.1. The van der Waals surface area contributed by atoms with Gasteiger partial charge in [-0.25, -0.2) is 4.98 Å². The number of hydrogen-bond donors (Lipinski definition) is 0. The molecule has 0 aromatic carbocycles.